The number of alkyl halides is 1. The summed E-state index contributed by atoms with van der Waals surface area (Å²) >= 11 is 0. The molecule has 5 rings (SSSR count). The average Bonchev–Trinajstić information content (AvgIpc) is 3.24. The molecule has 184 valence electrons. The SMILES string of the molecule is Cc1[nH]c(-c2ccccc2)c(NC(=O)c2cnccn2)c1CN1CCN(c2cccc(CF)c2)CC1. The number of nitrogens with one attached hydrogen (secondary N) is 2. The van der Waals surface area contributed by atoms with Gasteiger partial charge in [-0.15, -0.1) is 0 Å². The molecule has 2 N–H and O–H groups in total. The first-order valence-corrected chi connectivity index (χ1v) is 12.1. The number of anilines is 2. The Labute approximate surface area is 210 Å². The van der Waals surface area contributed by atoms with Crippen molar-refractivity contribution in [3.63, 3.8) is 0 Å². The van der Waals surface area contributed by atoms with Crippen LogP contribution in [0, 0.1) is 6.92 Å². The highest BCUT2D eigenvalue weighted by atomic mass is 19.1. The quantitative estimate of drug-likeness (QED) is 0.393. The molecule has 0 aliphatic carbocycles. The Bertz CT molecular complexity index is 1320. The number of benzene rings is 2. The number of hydrogen-bond acceptors (Lipinski definition) is 5. The Kier molecular flexibility index (Phi) is 7.04. The van der Waals surface area contributed by atoms with Crippen LogP contribution in [-0.2, 0) is 13.2 Å². The number of carbonyl (C=O) groups is 1. The molecule has 1 fully saturated rings. The van der Waals surface area contributed by atoms with E-state index in [-0.39, 0.29) is 11.6 Å². The molecule has 3 heterocycles. The van der Waals surface area contributed by atoms with Crippen LogP contribution in [0.4, 0.5) is 15.8 Å². The fourth-order valence-corrected chi connectivity index (χ4v) is 4.64. The van der Waals surface area contributed by atoms with Gasteiger partial charge in [-0.25, -0.2) is 9.37 Å². The second kappa shape index (κ2) is 10.7. The molecule has 8 heteroatoms. The summed E-state index contributed by atoms with van der Waals surface area (Å²) in [6, 6.07) is 17.7. The van der Waals surface area contributed by atoms with Crippen LogP contribution < -0.4 is 10.2 Å². The molecular weight excluding hydrogens is 455 g/mol. The molecule has 0 radical (unpaired) electrons. The van der Waals surface area contributed by atoms with Crippen LogP contribution in [0.5, 0.6) is 0 Å². The van der Waals surface area contributed by atoms with Crippen molar-refractivity contribution >= 4 is 17.3 Å². The number of H-pyrrole nitrogens is 1. The molecule has 7 nitrogen and oxygen atoms in total. The Morgan fingerprint density at radius 1 is 1.06 bits per heavy atom. The van der Waals surface area contributed by atoms with E-state index in [1.807, 2.05) is 61.5 Å². The van der Waals surface area contributed by atoms with E-state index in [1.165, 1.54) is 12.4 Å². The minimum Gasteiger partial charge on any atom is -0.369 e. The van der Waals surface area contributed by atoms with Crippen molar-refractivity contribution in [3.8, 4) is 11.3 Å². The predicted octanol–water partition coefficient (Wildman–Crippen LogP) is 4.82. The Morgan fingerprint density at radius 2 is 1.86 bits per heavy atom. The zero-order valence-corrected chi connectivity index (χ0v) is 20.2. The van der Waals surface area contributed by atoms with Crippen LogP contribution in [0.1, 0.15) is 27.3 Å². The Hall–Kier alpha value is -4.04. The molecule has 0 saturated carbocycles. The second-order valence-corrected chi connectivity index (χ2v) is 8.96. The number of aromatic amines is 1. The molecule has 0 atom stereocenters. The highest BCUT2D eigenvalue weighted by Crippen LogP contribution is 2.34. The number of aryl methyl sites for hydroxylation is 1. The molecule has 0 unspecified atom stereocenters. The summed E-state index contributed by atoms with van der Waals surface area (Å²) in [5.41, 5.74) is 6.75. The van der Waals surface area contributed by atoms with E-state index in [0.717, 1.165) is 60.1 Å². The summed E-state index contributed by atoms with van der Waals surface area (Å²) in [5, 5.41) is 3.11. The fraction of sp³-hybridized carbons (Fsp3) is 0.250. The van der Waals surface area contributed by atoms with Crippen molar-refractivity contribution < 1.29 is 9.18 Å². The van der Waals surface area contributed by atoms with Crippen LogP contribution in [0.2, 0.25) is 0 Å². The van der Waals surface area contributed by atoms with E-state index in [4.69, 9.17) is 0 Å². The van der Waals surface area contributed by atoms with Gasteiger partial charge in [0.2, 0.25) is 0 Å². The molecule has 1 saturated heterocycles. The molecule has 1 aliphatic rings. The average molecular weight is 485 g/mol. The zero-order chi connectivity index (χ0) is 24.9. The monoisotopic (exact) mass is 484 g/mol. The number of piperazine rings is 1. The molecule has 0 spiro atoms. The van der Waals surface area contributed by atoms with Crippen molar-refractivity contribution in [2.24, 2.45) is 0 Å². The smallest absolute Gasteiger partial charge is 0.275 e. The third-order valence-electron chi connectivity index (χ3n) is 6.60. The lowest BCUT2D eigenvalue weighted by Gasteiger charge is -2.36. The molecule has 2 aromatic carbocycles. The topological polar surface area (TPSA) is 77.1 Å². The van der Waals surface area contributed by atoms with Gasteiger partial charge in [-0.3, -0.25) is 14.7 Å². The summed E-state index contributed by atoms with van der Waals surface area (Å²) in [7, 11) is 0. The maximum Gasteiger partial charge on any atom is 0.275 e. The van der Waals surface area contributed by atoms with E-state index < -0.39 is 6.67 Å². The summed E-state index contributed by atoms with van der Waals surface area (Å²) in [5.74, 6) is -0.293. The van der Waals surface area contributed by atoms with Crippen LogP contribution in [0.25, 0.3) is 11.3 Å². The van der Waals surface area contributed by atoms with Gasteiger partial charge in [0.05, 0.1) is 17.6 Å². The largest absolute Gasteiger partial charge is 0.369 e. The summed E-state index contributed by atoms with van der Waals surface area (Å²) < 4.78 is 13.1. The molecule has 1 amide bonds. The first-order valence-electron chi connectivity index (χ1n) is 12.1. The summed E-state index contributed by atoms with van der Waals surface area (Å²) in [4.78, 5) is 29.4. The normalized spacial score (nSPS) is 14.1. The van der Waals surface area contributed by atoms with Gasteiger partial charge in [-0.1, -0.05) is 42.5 Å². The van der Waals surface area contributed by atoms with Gasteiger partial charge in [0, 0.05) is 67.6 Å². The van der Waals surface area contributed by atoms with Crippen molar-refractivity contribution in [2.45, 2.75) is 20.1 Å². The Morgan fingerprint density at radius 3 is 2.58 bits per heavy atom. The number of nitrogens with zero attached hydrogens (tertiary/aromatic N) is 4. The number of aromatic nitrogens is 3. The standard InChI is InChI=1S/C28H29FN6O/c1-20-24(19-34-12-14-35(15-13-34)23-9-5-6-21(16-23)17-29)27(26(32-20)22-7-3-2-4-8-22)33-28(36)25-18-30-10-11-31-25/h2-11,16,18,32H,12-15,17,19H2,1H3,(H,33,36). The van der Waals surface area contributed by atoms with E-state index in [0.29, 0.717) is 12.1 Å². The minimum absolute atomic E-state index is 0.269. The number of amides is 1. The Balaban J connectivity index is 1.37. The number of carbonyl (C=O) groups excluding carboxylic acids is 1. The first-order chi connectivity index (χ1) is 17.6. The number of hydrogen-bond donors (Lipinski definition) is 2. The first kappa shape index (κ1) is 23.7. The molecule has 2 aromatic heterocycles. The maximum absolute atomic E-state index is 13.1. The fourth-order valence-electron chi connectivity index (χ4n) is 4.64. The van der Waals surface area contributed by atoms with Gasteiger partial charge in [0.1, 0.15) is 12.4 Å². The highest BCUT2D eigenvalue weighted by molar-refractivity contribution is 6.05. The molecule has 1 aliphatic heterocycles. The zero-order valence-electron chi connectivity index (χ0n) is 20.2. The lowest BCUT2D eigenvalue weighted by Crippen LogP contribution is -2.46. The third kappa shape index (κ3) is 5.13. The lowest BCUT2D eigenvalue weighted by atomic mass is 10.1. The molecular formula is C28H29FN6O. The van der Waals surface area contributed by atoms with Crippen molar-refractivity contribution in [1.29, 1.82) is 0 Å². The van der Waals surface area contributed by atoms with E-state index in [2.05, 4.69) is 30.1 Å². The van der Waals surface area contributed by atoms with E-state index in [1.54, 1.807) is 6.20 Å². The van der Waals surface area contributed by atoms with Gasteiger partial charge < -0.3 is 15.2 Å². The third-order valence-corrected chi connectivity index (χ3v) is 6.60. The van der Waals surface area contributed by atoms with Crippen LogP contribution in [0.3, 0.4) is 0 Å². The van der Waals surface area contributed by atoms with E-state index >= 15 is 0 Å². The minimum atomic E-state index is -0.451. The van der Waals surface area contributed by atoms with Gasteiger partial charge in [-0.2, -0.15) is 0 Å². The number of rotatable bonds is 7. The molecule has 0 bridgehead atoms. The van der Waals surface area contributed by atoms with Gasteiger partial charge >= 0.3 is 0 Å². The van der Waals surface area contributed by atoms with Gasteiger partial charge in [-0.05, 0) is 24.6 Å². The second-order valence-electron chi connectivity index (χ2n) is 8.96. The summed E-state index contributed by atoms with van der Waals surface area (Å²) in [6.07, 6.45) is 4.53. The van der Waals surface area contributed by atoms with Crippen LogP contribution >= 0.6 is 0 Å². The predicted molar refractivity (Wildman–Crippen MR) is 140 cm³/mol. The van der Waals surface area contributed by atoms with Gasteiger partial charge in [0.15, 0.2) is 0 Å². The summed E-state index contributed by atoms with van der Waals surface area (Å²) in [6.45, 7) is 5.72. The van der Waals surface area contributed by atoms with Crippen molar-refractivity contribution in [1.82, 2.24) is 19.9 Å². The van der Waals surface area contributed by atoms with Crippen LogP contribution in [-0.4, -0.2) is 51.9 Å². The van der Waals surface area contributed by atoms with E-state index in [9.17, 15) is 9.18 Å². The van der Waals surface area contributed by atoms with Crippen molar-refractivity contribution in [2.75, 3.05) is 36.4 Å². The van der Waals surface area contributed by atoms with Crippen LogP contribution in [0.15, 0.2) is 73.2 Å². The lowest BCUT2D eigenvalue weighted by molar-refractivity contribution is 0.102. The van der Waals surface area contributed by atoms with Crippen molar-refractivity contribution in [3.05, 3.63) is 95.7 Å². The number of halogens is 1. The molecule has 36 heavy (non-hydrogen) atoms. The maximum atomic E-state index is 13.1. The van der Waals surface area contributed by atoms with Gasteiger partial charge in [0.25, 0.3) is 5.91 Å². The molecule has 4 aromatic rings. The highest BCUT2D eigenvalue weighted by Gasteiger charge is 2.24.